The van der Waals surface area contributed by atoms with Crippen LogP contribution in [-0.2, 0) is 20.7 Å². The third kappa shape index (κ3) is 4.75. The average Bonchev–Trinajstić information content (AvgIpc) is 2.98. The number of nitrogens with one attached hydrogen (secondary N) is 1. The van der Waals surface area contributed by atoms with Crippen LogP contribution in [0.5, 0.6) is 5.75 Å². The lowest BCUT2D eigenvalue weighted by atomic mass is 10.2. The van der Waals surface area contributed by atoms with Crippen molar-refractivity contribution in [1.29, 1.82) is 0 Å². The topological polar surface area (TPSA) is 64.6 Å². The van der Waals surface area contributed by atoms with E-state index in [0.29, 0.717) is 16.5 Å². The molecule has 0 aliphatic rings. The summed E-state index contributed by atoms with van der Waals surface area (Å²) in [5.74, 6) is -0.437. The molecule has 0 atom stereocenters. The molecule has 0 radical (unpaired) electrons. The highest BCUT2D eigenvalue weighted by Crippen LogP contribution is 2.27. The van der Waals surface area contributed by atoms with Crippen molar-refractivity contribution < 1.29 is 19.1 Å². The first-order valence-electron chi connectivity index (χ1n) is 6.38. The Balaban J connectivity index is 1.85. The third-order valence-corrected chi connectivity index (χ3v) is 3.70. The van der Waals surface area contributed by atoms with E-state index in [-0.39, 0.29) is 13.0 Å². The molecule has 1 amide bonds. The van der Waals surface area contributed by atoms with Gasteiger partial charge in [-0.25, -0.2) is 0 Å². The van der Waals surface area contributed by atoms with Crippen LogP contribution in [-0.4, -0.2) is 25.6 Å². The van der Waals surface area contributed by atoms with Gasteiger partial charge in [-0.1, -0.05) is 11.6 Å². The van der Waals surface area contributed by atoms with Crippen molar-refractivity contribution in [2.24, 2.45) is 0 Å². The molecule has 0 fully saturated rings. The van der Waals surface area contributed by atoms with E-state index in [4.69, 9.17) is 21.1 Å². The molecule has 1 aromatic heterocycles. The Morgan fingerprint density at radius 3 is 2.82 bits per heavy atom. The number of halogens is 1. The van der Waals surface area contributed by atoms with Crippen LogP contribution >= 0.6 is 22.9 Å². The normalized spacial score (nSPS) is 10.1. The van der Waals surface area contributed by atoms with Gasteiger partial charge in [0.2, 0.25) is 0 Å². The number of hydrogen-bond acceptors (Lipinski definition) is 5. The van der Waals surface area contributed by atoms with Crippen LogP contribution in [0.4, 0.5) is 5.69 Å². The fourth-order valence-electron chi connectivity index (χ4n) is 1.72. The Kier molecular flexibility index (Phi) is 5.80. The standard InChI is InChI=1S/C15H14ClNO4S/c1-20-13-3-2-11(16)7-12(13)17-14(18)8-21-15(19)6-10-4-5-22-9-10/h2-5,7,9H,6,8H2,1H3,(H,17,18). The predicted molar refractivity (Wildman–Crippen MR) is 85.6 cm³/mol. The van der Waals surface area contributed by atoms with Gasteiger partial charge in [0.15, 0.2) is 6.61 Å². The molecule has 0 saturated carbocycles. The molecule has 22 heavy (non-hydrogen) atoms. The van der Waals surface area contributed by atoms with Crippen LogP contribution in [0.3, 0.4) is 0 Å². The van der Waals surface area contributed by atoms with Crippen LogP contribution < -0.4 is 10.1 Å². The lowest BCUT2D eigenvalue weighted by Gasteiger charge is -2.10. The minimum Gasteiger partial charge on any atom is -0.495 e. The molecule has 7 heteroatoms. The van der Waals surface area contributed by atoms with E-state index in [0.717, 1.165) is 5.56 Å². The van der Waals surface area contributed by atoms with Crippen LogP contribution in [0, 0.1) is 0 Å². The molecule has 116 valence electrons. The molecule has 0 aliphatic carbocycles. The first kappa shape index (κ1) is 16.3. The predicted octanol–water partition coefficient (Wildman–Crippen LogP) is 3.13. The number of carbonyl (C=O) groups excluding carboxylic acids is 2. The molecule has 2 aromatic rings. The Labute approximate surface area is 136 Å². The number of rotatable bonds is 6. The summed E-state index contributed by atoms with van der Waals surface area (Å²) < 4.78 is 10.0. The summed E-state index contributed by atoms with van der Waals surface area (Å²) >= 11 is 7.37. The summed E-state index contributed by atoms with van der Waals surface area (Å²) in [5.41, 5.74) is 1.29. The van der Waals surface area contributed by atoms with Crippen molar-refractivity contribution in [3.63, 3.8) is 0 Å². The van der Waals surface area contributed by atoms with Gasteiger partial charge in [-0.05, 0) is 40.6 Å². The van der Waals surface area contributed by atoms with Gasteiger partial charge in [-0.2, -0.15) is 11.3 Å². The highest BCUT2D eigenvalue weighted by molar-refractivity contribution is 7.07. The average molecular weight is 340 g/mol. The molecule has 1 aromatic carbocycles. The second-order valence-electron chi connectivity index (χ2n) is 4.36. The van der Waals surface area contributed by atoms with Crippen LogP contribution in [0.15, 0.2) is 35.0 Å². The number of hydrogen-bond donors (Lipinski definition) is 1. The molecule has 0 aliphatic heterocycles. The number of anilines is 1. The number of ether oxygens (including phenoxy) is 2. The van der Waals surface area contributed by atoms with Crippen molar-refractivity contribution in [2.75, 3.05) is 19.0 Å². The van der Waals surface area contributed by atoms with E-state index in [1.807, 2.05) is 16.8 Å². The summed E-state index contributed by atoms with van der Waals surface area (Å²) in [6.45, 7) is -0.362. The maximum absolute atomic E-state index is 11.8. The van der Waals surface area contributed by atoms with Crippen molar-refractivity contribution >= 4 is 40.5 Å². The van der Waals surface area contributed by atoms with Gasteiger partial charge in [0, 0.05) is 5.02 Å². The smallest absolute Gasteiger partial charge is 0.310 e. The molecular formula is C15H14ClNO4S. The zero-order valence-corrected chi connectivity index (χ0v) is 13.4. The van der Waals surface area contributed by atoms with Gasteiger partial charge >= 0.3 is 5.97 Å². The Hall–Kier alpha value is -2.05. The van der Waals surface area contributed by atoms with Gasteiger partial charge in [0.25, 0.3) is 5.91 Å². The molecule has 1 heterocycles. The highest BCUT2D eigenvalue weighted by atomic mass is 35.5. The van der Waals surface area contributed by atoms with Crippen molar-refractivity contribution in [3.05, 3.63) is 45.6 Å². The lowest BCUT2D eigenvalue weighted by molar-refractivity contribution is -0.146. The summed E-state index contributed by atoms with van der Waals surface area (Å²) in [7, 11) is 1.49. The second kappa shape index (κ2) is 7.82. The molecule has 1 N–H and O–H groups in total. The van der Waals surface area contributed by atoms with Crippen molar-refractivity contribution in [2.45, 2.75) is 6.42 Å². The molecule has 0 spiro atoms. The summed E-state index contributed by atoms with van der Waals surface area (Å²) in [4.78, 5) is 23.4. The largest absolute Gasteiger partial charge is 0.495 e. The van der Waals surface area contributed by atoms with E-state index in [1.54, 1.807) is 18.2 Å². The first-order valence-corrected chi connectivity index (χ1v) is 7.70. The van der Waals surface area contributed by atoms with Crippen LogP contribution in [0.1, 0.15) is 5.56 Å². The van der Waals surface area contributed by atoms with Crippen molar-refractivity contribution in [3.8, 4) is 5.75 Å². The molecule has 2 rings (SSSR count). The van der Waals surface area contributed by atoms with Gasteiger partial charge in [0.1, 0.15) is 5.75 Å². The van der Waals surface area contributed by atoms with E-state index >= 15 is 0 Å². The van der Waals surface area contributed by atoms with E-state index in [1.165, 1.54) is 18.4 Å². The number of esters is 1. The van der Waals surface area contributed by atoms with Crippen LogP contribution in [0.2, 0.25) is 5.02 Å². The highest BCUT2D eigenvalue weighted by Gasteiger charge is 2.11. The maximum atomic E-state index is 11.8. The van der Waals surface area contributed by atoms with E-state index in [9.17, 15) is 9.59 Å². The second-order valence-corrected chi connectivity index (χ2v) is 5.58. The number of thiophene rings is 1. The lowest BCUT2D eigenvalue weighted by Crippen LogP contribution is -2.21. The van der Waals surface area contributed by atoms with Gasteiger partial charge in [-0.15, -0.1) is 0 Å². The molecule has 0 unspecified atom stereocenters. The third-order valence-electron chi connectivity index (χ3n) is 2.73. The Morgan fingerprint density at radius 1 is 1.32 bits per heavy atom. The Bertz CT molecular complexity index is 658. The number of benzene rings is 1. The molecule has 5 nitrogen and oxygen atoms in total. The molecule has 0 bridgehead atoms. The number of methoxy groups -OCH3 is 1. The minimum absolute atomic E-state index is 0.150. The molecular weight excluding hydrogens is 326 g/mol. The van der Waals surface area contributed by atoms with E-state index in [2.05, 4.69) is 5.32 Å². The first-order chi connectivity index (χ1) is 10.6. The fourth-order valence-corrected chi connectivity index (χ4v) is 2.56. The summed E-state index contributed by atoms with van der Waals surface area (Å²) in [6.07, 6.45) is 0.150. The van der Waals surface area contributed by atoms with E-state index < -0.39 is 11.9 Å². The number of amides is 1. The van der Waals surface area contributed by atoms with Crippen molar-refractivity contribution in [1.82, 2.24) is 0 Å². The minimum atomic E-state index is -0.459. The zero-order valence-electron chi connectivity index (χ0n) is 11.8. The Morgan fingerprint density at radius 2 is 2.14 bits per heavy atom. The monoisotopic (exact) mass is 339 g/mol. The van der Waals surface area contributed by atoms with Gasteiger partial charge in [-0.3, -0.25) is 9.59 Å². The fraction of sp³-hybridized carbons (Fsp3) is 0.200. The maximum Gasteiger partial charge on any atom is 0.310 e. The number of carbonyl (C=O) groups is 2. The van der Waals surface area contributed by atoms with Gasteiger partial charge in [0.05, 0.1) is 19.2 Å². The summed E-state index contributed by atoms with van der Waals surface area (Å²) in [5, 5.41) is 6.79. The molecule has 0 saturated heterocycles. The quantitative estimate of drug-likeness (QED) is 0.821. The SMILES string of the molecule is COc1ccc(Cl)cc1NC(=O)COC(=O)Cc1ccsc1. The summed E-state index contributed by atoms with van der Waals surface area (Å²) in [6, 6.07) is 6.69. The zero-order chi connectivity index (χ0) is 15.9. The van der Waals surface area contributed by atoms with Crippen LogP contribution in [0.25, 0.3) is 0 Å². The van der Waals surface area contributed by atoms with Gasteiger partial charge < -0.3 is 14.8 Å².